The highest BCUT2D eigenvalue weighted by atomic mass is 16.2. The van der Waals surface area contributed by atoms with E-state index in [-0.39, 0.29) is 0 Å². The number of nitrogens with one attached hydrogen (secondary N) is 1. The van der Waals surface area contributed by atoms with Gasteiger partial charge in [0.2, 0.25) is 5.91 Å². The molecule has 3 heteroatoms. The largest absolute Gasteiger partial charge is 0.343 e. The first-order valence-corrected chi connectivity index (χ1v) is 6.86. The van der Waals surface area contributed by atoms with Gasteiger partial charge in [-0.2, -0.15) is 0 Å². The number of nitrogens with zero attached hydrogens (tertiary/aromatic N) is 1. The molecule has 0 bridgehead atoms. The highest BCUT2D eigenvalue weighted by Crippen LogP contribution is 2.36. The van der Waals surface area contributed by atoms with Crippen molar-refractivity contribution in [3.8, 4) is 0 Å². The summed E-state index contributed by atoms with van der Waals surface area (Å²) in [4.78, 5) is 14.0. The van der Waals surface area contributed by atoms with Crippen LogP contribution in [0.2, 0.25) is 0 Å². The smallest absolute Gasteiger partial charge is 0.222 e. The fourth-order valence-corrected chi connectivity index (χ4v) is 2.57. The number of rotatable bonds is 5. The molecule has 1 fully saturated rings. The summed E-state index contributed by atoms with van der Waals surface area (Å²) in [6.45, 7) is 5.59. The molecule has 0 unspecified atom stereocenters. The minimum Gasteiger partial charge on any atom is -0.343 e. The second kappa shape index (κ2) is 6.39. The van der Waals surface area contributed by atoms with Crippen molar-refractivity contribution in [1.82, 2.24) is 10.2 Å². The van der Waals surface area contributed by atoms with Crippen LogP contribution in [-0.2, 0) is 4.79 Å². The van der Waals surface area contributed by atoms with Crippen LogP contribution in [0, 0.1) is 5.41 Å². The van der Waals surface area contributed by atoms with E-state index in [2.05, 4.69) is 19.2 Å². The van der Waals surface area contributed by atoms with E-state index in [1.165, 1.54) is 25.7 Å². The molecule has 0 aromatic rings. The monoisotopic (exact) mass is 240 g/mol. The molecule has 0 heterocycles. The van der Waals surface area contributed by atoms with Crippen LogP contribution in [0.5, 0.6) is 0 Å². The van der Waals surface area contributed by atoms with E-state index in [1.54, 1.807) is 0 Å². The minimum atomic E-state index is 0.310. The summed E-state index contributed by atoms with van der Waals surface area (Å²) in [5, 5.41) is 3.08. The van der Waals surface area contributed by atoms with Gasteiger partial charge in [-0.25, -0.2) is 0 Å². The summed E-state index contributed by atoms with van der Waals surface area (Å²) < 4.78 is 0. The number of carbonyl (C=O) groups excluding carboxylic acids is 1. The van der Waals surface area contributed by atoms with Gasteiger partial charge in [0.15, 0.2) is 0 Å². The summed E-state index contributed by atoms with van der Waals surface area (Å²) in [6.07, 6.45) is 6.44. The van der Waals surface area contributed by atoms with Crippen molar-refractivity contribution in [1.29, 1.82) is 0 Å². The normalized spacial score (nSPS) is 20.2. The van der Waals surface area contributed by atoms with Gasteiger partial charge in [-0.1, -0.05) is 13.8 Å². The maximum Gasteiger partial charge on any atom is 0.222 e. The van der Waals surface area contributed by atoms with Crippen molar-refractivity contribution in [3.05, 3.63) is 0 Å². The molecule has 0 aromatic heterocycles. The van der Waals surface area contributed by atoms with Crippen molar-refractivity contribution in [2.75, 3.05) is 20.6 Å². The summed E-state index contributed by atoms with van der Waals surface area (Å²) in [5.74, 6) is 0.310. The zero-order valence-corrected chi connectivity index (χ0v) is 11.9. The molecule has 1 amide bonds. The molecular weight excluding hydrogens is 212 g/mol. The Balaban J connectivity index is 2.32. The summed E-state index contributed by atoms with van der Waals surface area (Å²) >= 11 is 0. The number of amides is 1. The van der Waals surface area contributed by atoms with Gasteiger partial charge < -0.3 is 10.2 Å². The van der Waals surface area contributed by atoms with Gasteiger partial charge in [0.25, 0.3) is 0 Å². The lowest BCUT2D eigenvalue weighted by Gasteiger charge is -2.38. The molecule has 1 rings (SSSR count). The first-order chi connectivity index (χ1) is 7.96. The average Bonchev–Trinajstić information content (AvgIpc) is 2.28. The van der Waals surface area contributed by atoms with E-state index in [4.69, 9.17) is 0 Å². The van der Waals surface area contributed by atoms with Crippen LogP contribution in [0.15, 0.2) is 0 Å². The van der Waals surface area contributed by atoms with Crippen LogP contribution in [-0.4, -0.2) is 37.5 Å². The molecule has 0 saturated heterocycles. The van der Waals surface area contributed by atoms with E-state index >= 15 is 0 Å². The topological polar surface area (TPSA) is 32.3 Å². The quantitative estimate of drug-likeness (QED) is 0.749. The molecule has 0 atom stereocenters. The van der Waals surface area contributed by atoms with Crippen LogP contribution in [0.25, 0.3) is 0 Å². The third-order valence-corrected chi connectivity index (χ3v) is 4.07. The lowest BCUT2D eigenvalue weighted by atomic mass is 9.75. The van der Waals surface area contributed by atoms with Gasteiger partial charge in [0.05, 0.1) is 0 Å². The fraction of sp³-hybridized carbons (Fsp3) is 0.929. The SMILES string of the molecule is CNCCCC(=O)N(C)C1CCC(C)(C)CC1. The van der Waals surface area contributed by atoms with Crippen LogP contribution in [0.4, 0.5) is 0 Å². The van der Waals surface area contributed by atoms with E-state index in [9.17, 15) is 4.79 Å². The Hall–Kier alpha value is -0.570. The lowest BCUT2D eigenvalue weighted by Crippen LogP contribution is -2.40. The van der Waals surface area contributed by atoms with E-state index in [1.807, 2.05) is 19.0 Å². The second-order valence-electron chi connectivity index (χ2n) is 6.11. The molecule has 1 aliphatic carbocycles. The molecule has 3 nitrogen and oxygen atoms in total. The van der Waals surface area contributed by atoms with Gasteiger partial charge in [0.1, 0.15) is 0 Å². The molecule has 1 aliphatic rings. The Morgan fingerprint density at radius 2 is 1.94 bits per heavy atom. The highest BCUT2D eigenvalue weighted by molar-refractivity contribution is 5.76. The third-order valence-electron chi connectivity index (χ3n) is 4.07. The van der Waals surface area contributed by atoms with E-state index in [0.717, 1.165) is 13.0 Å². The Bertz CT molecular complexity index is 241. The zero-order valence-electron chi connectivity index (χ0n) is 11.9. The molecule has 1 N–H and O–H groups in total. The first-order valence-electron chi connectivity index (χ1n) is 6.86. The number of hydrogen-bond donors (Lipinski definition) is 1. The van der Waals surface area contributed by atoms with E-state index < -0.39 is 0 Å². The maximum absolute atomic E-state index is 12.0. The Labute approximate surface area is 106 Å². The second-order valence-corrected chi connectivity index (χ2v) is 6.11. The van der Waals surface area contributed by atoms with Gasteiger partial charge in [-0.05, 0) is 51.1 Å². The van der Waals surface area contributed by atoms with Gasteiger partial charge in [-0.3, -0.25) is 4.79 Å². The van der Waals surface area contributed by atoms with Crippen LogP contribution < -0.4 is 5.32 Å². The molecule has 0 spiro atoms. The number of carbonyl (C=O) groups is 1. The molecule has 0 aliphatic heterocycles. The molecule has 0 aromatic carbocycles. The summed E-state index contributed by atoms with van der Waals surface area (Å²) in [6, 6.07) is 0.477. The van der Waals surface area contributed by atoms with Crippen LogP contribution >= 0.6 is 0 Å². The predicted octanol–water partition coefficient (Wildman–Crippen LogP) is 2.41. The Morgan fingerprint density at radius 1 is 1.35 bits per heavy atom. The van der Waals surface area contributed by atoms with Crippen molar-refractivity contribution in [2.24, 2.45) is 5.41 Å². The van der Waals surface area contributed by atoms with Gasteiger partial charge in [0, 0.05) is 19.5 Å². The van der Waals surface area contributed by atoms with Crippen LogP contribution in [0.3, 0.4) is 0 Å². The average molecular weight is 240 g/mol. The van der Waals surface area contributed by atoms with E-state index in [0.29, 0.717) is 23.8 Å². The molecule has 1 saturated carbocycles. The maximum atomic E-state index is 12.0. The fourth-order valence-electron chi connectivity index (χ4n) is 2.57. The number of hydrogen-bond acceptors (Lipinski definition) is 2. The van der Waals surface area contributed by atoms with Crippen LogP contribution in [0.1, 0.15) is 52.4 Å². The predicted molar refractivity (Wildman–Crippen MR) is 72.0 cm³/mol. The van der Waals surface area contributed by atoms with Crippen molar-refractivity contribution in [3.63, 3.8) is 0 Å². The Kier molecular flexibility index (Phi) is 5.44. The lowest BCUT2D eigenvalue weighted by molar-refractivity contribution is -0.133. The molecule has 17 heavy (non-hydrogen) atoms. The first kappa shape index (κ1) is 14.5. The van der Waals surface area contributed by atoms with Crippen molar-refractivity contribution >= 4 is 5.91 Å². The Morgan fingerprint density at radius 3 is 2.47 bits per heavy atom. The standard InChI is InChI=1S/C14H28N2O/c1-14(2)9-7-12(8-10-14)16(4)13(17)6-5-11-15-3/h12,15H,5-11H2,1-4H3. The highest BCUT2D eigenvalue weighted by Gasteiger charge is 2.30. The minimum absolute atomic E-state index is 0.310. The summed E-state index contributed by atoms with van der Waals surface area (Å²) in [5.41, 5.74) is 0.479. The summed E-state index contributed by atoms with van der Waals surface area (Å²) in [7, 11) is 3.90. The molecule has 100 valence electrons. The molecule has 0 radical (unpaired) electrons. The molecular formula is C14H28N2O. The van der Waals surface area contributed by atoms with Gasteiger partial charge >= 0.3 is 0 Å². The van der Waals surface area contributed by atoms with Crippen molar-refractivity contribution in [2.45, 2.75) is 58.4 Å². The zero-order chi connectivity index (χ0) is 12.9. The third kappa shape index (κ3) is 4.66. The van der Waals surface area contributed by atoms with Gasteiger partial charge in [-0.15, -0.1) is 0 Å². The van der Waals surface area contributed by atoms with Crippen molar-refractivity contribution < 1.29 is 4.79 Å².